The van der Waals surface area contributed by atoms with Gasteiger partial charge in [0.15, 0.2) is 0 Å². The zero-order chi connectivity index (χ0) is 22.7. The number of hydrogen-bond acceptors (Lipinski definition) is 2. The zero-order valence-electron chi connectivity index (χ0n) is 19.1. The smallest absolute Gasteiger partial charge is 0.256 e. The van der Waals surface area contributed by atoms with E-state index in [1.807, 2.05) is 17.0 Å². The van der Waals surface area contributed by atoms with E-state index in [1.54, 1.807) is 12.1 Å². The number of nitrogens with one attached hydrogen (secondary N) is 1. The molecule has 3 aromatic carbocycles. The van der Waals surface area contributed by atoms with Crippen LogP contribution in [0.3, 0.4) is 0 Å². The van der Waals surface area contributed by atoms with Crippen molar-refractivity contribution in [2.24, 2.45) is 0 Å². The predicted molar refractivity (Wildman–Crippen MR) is 129 cm³/mol. The van der Waals surface area contributed by atoms with Crippen LogP contribution >= 0.6 is 0 Å². The van der Waals surface area contributed by atoms with Gasteiger partial charge in [0.25, 0.3) is 5.91 Å². The van der Waals surface area contributed by atoms with Crippen molar-refractivity contribution in [3.63, 3.8) is 0 Å². The molecular weight excluding hydrogens is 399 g/mol. The van der Waals surface area contributed by atoms with E-state index in [1.165, 1.54) is 23.3 Å². The fourth-order valence-corrected chi connectivity index (χ4v) is 4.19. The largest absolute Gasteiger partial charge is 0.384 e. The van der Waals surface area contributed by atoms with Crippen LogP contribution in [-0.4, -0.2) is 23.9 Å². The molecule has 0 unspecified atom stereocenters. The summed E-state index contributed by atoms with van der Waals surface area (Å²) in [6.45, 7) is 8.56. The third-order valence-corrected chi connectivity index (χ3v) is 6.14. The Balaban J connectivity index is 1.58. The van der Waals surface area contributed by atoms with Crippen LogP contribution in [0.25, 0.3) is 0 Å². The molecule has 32 heavy (non-hydrogen) atoms. The van der Waals surface area contributed by atoms with E-state index in [4.69, 9.17) is 0 Å². The quantitative estimate of drug-likeness (QED) is 0.522. The van der Waals surface area contributed by atoms with Crippen molar-refractivity contribution in [2.75, 3.05) is 18.4 Å². The van der Waals surface area contributed by atoms with Crippen molar-refractivity contribution < 1.29 is 9.18 Å². The number of nitrogens with zero attached hydrogens (tertiary/aromatic N) is 1. The van der Waals surface area contributed by atoms with Crippen molar-refractivity contribution in [3.05, 3.63) is 100 Å². The number of hydrogen-bond donors (Lipinski definition) is 1. The molecule has 0 aliphatic carbocycles. The number of amides is 1. The first-order valence-electron chi connectivity index (χ1n) is 11.3. The zero-order valence-corrected chi connectivity index (χ0v) is 19.1. The maximum absolute atomic E-state index is 13.6. The second-order valence-electron chi connectivity index (χ2n) is 9.57. The van der Waals surface area contributed by atoms with Gasteiger partial charge in [-0.3, -0.25) is 4.79 Å². The Morgan fingerprint density at radius 3 is 2.34 bits per heavy atom. The molecule has 0 aromatic heterocycles. The molecule has 1 aliphatic rings. The molecule has 0 fully saturated rings. The molecule has 0 radical (unpaired) electrons. The Labute approximate surface area is 190 Å². The highest BCUT2D eigenvalue weighted by molar-refractivity contribution is 6.00. The fraction of sp³-hybridized carbons (Fsp3) is 0.321. The van der Waals surface area contributed by atoms with E-state index in [0.29, 0.717) is 19.5 Å². The van der Waals surface area contributed by atoms with E-state index < -0.39 is 0 Å². The van der Waals surface area contributed by atoms with Gasteiger partial charge in [-0.25, -0.2) is 4.39 Å². The van der Waals surface area contributed by atoms with Gasteiger partial charge in [0.05, 0.1) is 11.3 Å². The van der Waals surface area contributed by atoms with Crippen molar-refractivity contribution in [1.82, 2.24) is 4.90 Å². The maximum Gasteiger partial charge on any atom is 0.256 e. The van der Waals surface area contributed by atoms with Crippen LogP contribution in [0.15, 0.2) is 66.7 Å². The molecule has 0 atom stereocenters. The van der Waals surface area contributed by atoms with Crippen LogP contribution in [0.5, 0.6) is 0 Å². The summed E-state index contributed by atoms with van der Waals surface area (Å²) in [5.74, 6) is -0.218. The first-order chi connectivity index (χ1) is 15.3. The molecule has 0 saturated heterocycles. The van der Waals surface area contributed by atoms with Crippen LogP contribution in [0.2, 0.25) is 0 Å². The lowest BCUT2D eigenvalue weighted by Gasteiger charge is -2.25. The summed E-state index contributed by atoms with van der Waals surface area (Å²) in [5.41, 5.74) is 6.37. The summed E-state index contributed by atoms with van der Waals surface area (Å²) in [4.78, 5) is 15.5. The molecule has 4 heteroatoms. The highest BCUT2D eigenvalue weighted by atomic mass is 19.1. The molecule has 1 amide bonds. The number of para-hydroxylation sites is 1. The van der Waals surface area contributed by atoms with Crippen LogP contribution in [0.4, 0.5) is 10.1 Å². The Morgan fingerprint density at radius 2 is 1.66 bits per heavy atom. The minimum atomic E-state index is -0.244. The third-order valence-electron chi connectivity index (χ3n) is 6.14. The highest BCUT2D eigenvalue weighted by Crippen LogP contribution is 2.28. The number of benzene rings is 3. The second kappa shape index (κ2) is 9.15. The van der Waals surface area contributed by atoms with Gasteiger partial charge in [0.1, 0.15) is 5.82 Å². The summed E-state index contributed by atoms with van der Waals surface area (Å²) in [5, 5.41) is 3.38. The van der Waals surface area contributed by atoms with Crippen LogP contribution in [0, 0.1) is 5.82 Å². The van der Waals surface area contributed by atoms with E-state index in [0.717, 1.165) is 35.3 Å². The monoisotopic (exact) mass is 430 g/mol. The fourth-order valence-electron chi connectivity index (χ4n) is 4.19. The summed E-state index contributed by atoms with van der Waals surface area (Å²) in [6, 6.07) is 21.0. The van der Waals surface area contributed by atoms with E-state index in [9.17, 15) is 9.18 Å². The Morgan fingerprint density at radius 1 is 0.969 bits per heavy atom. The van der Waals surface area contributed by atoms with Crippen molar-refractivity contribution in [3.8, 4) is 0 Å². The molecule has 166 valence electrons. The maximum atomic E-state index is 13.6. The average molecular weight is 431 g/mol. The number of halogens is 1. The lowest BCUT2D eigenvalue weighted by Crippen LogP contribution is -2.33. The first-order valence-corrected chi connectivity index (χ1v) is 11.3. The van der Waals surface area contributed by atoms with Gasteiger partial charge in [-0.2, -0.15) is 0 Å². The van der Waals surface area contributed by atoms with Gasteiger partial charge < -0.3 is 10.2 Å². The number of fused-ring (bicyclic) bond motifs is 1. The number of anilines is 1. The molecule has 1 aliphatic heterocycles. The minimum Gasteiger partial charge on any atom is -0.384 e. The van der Waals surface area contributed by atoms with Gasteiger partial charge in [-0.05, 0) is 58.7 Å². The summed E-state index contributed by atoms with van der Waals surface area (Å²) in [7, 11) is 0. The van der Waals surface area contributed by atoms with Crippen LogP contribution < -0.4 is 5.32 Å². The minimum absolute atomic E-state index is 0.0262. The molecule has 1 N–H and O–H groups in total. The summed E-state index contributed by atoms with van der Waals surface area (Å²) in [6.07, 6.45) is 1.62. The molecule has 1 heterocycles. The molecule has 0 spiro atoms. The highest BCUT2D eigenvalue weighted by Gasteiger charge is 2.23. The Hall–Kier alpha value is -3.14. The van der Waals surface area contributed by atoms with Gasteiger partial charge in [-0.1, -0.05) is 69.3 Å². The van der Waals surface area contributed by atoms with Crippen molar-refractivity contribution >= 4 is 11.6 Å². The summed E-state index contributed by atoms with van der Waals surface area (Å²) < 4.78 is 13.3. The van der Waals surface area contributed by atoms with Gasteiger partial charge in [-0.15, -0.1) is 0 Å². The van der Waals surface area contributed by atoms with Gasteiger partial charge >= 0.3 is 0 Å². The van der Waals surface area contributed by atoms with Gasteiger partial charge in [0, 0.05) is 19.6 Å². The number of carbonyl (C=O) groups excluding carboxylic acids is 1. The molecule has 0 bridgehead atoms. The van der Waals surface area contributed by atoms with Crippen molar-refractivity contribution in [2.45, 2.75) is 45.6 Å². The second-order valence-corrected chi connectivity index (χ2v) is 9.57. The first kappa shape index (κ1) is 22.1. The standard InChI is InChI=1S/C28H31FN2O/c1-28(2,3)23-11-7-21(8-12-23)19-31(18-16-20-9-13-24(29)14-10-20)27(32)25-6-4-5-22-15-17-30-26(22)25/h4-14,30H,15-19H2,1-3H3. The number of rotatable bonds is 6. The van der Waals surface area contributed by atoms with E-state index >= 15 is 0 Å². The van der Waals surface area contributed by atoms with Crippen molar-refractivity contribution in [1.29, 1.82) is 0 Å². The lowest BCUT2D eigenvalue weighted by atomic mass is 9.87. The van der Waals surface area contributed by atoms with Crippen LogP contribution in [-0.2, 0) is 24.8 Å². The van der Waals surface area contributed by atoms with Crippen LogP contribution in [0.1, 0.15) is 53.4 Å². The Bertz CT molecular complexity index is 1080. The lowest BCUT2D eigenvalue weighted by molar-refractivity contribution is 0.0746. The molecular formula is C28H31FN2O. The molecule has 3 aromatic rings. The number of carbonyl (C=O) groups is 1. The molecule has 3 nitrogen and oxygen atoms in total. The summed E-state index contributed by atoms with van der Waals surface area (Å²) >= 11 is 0. The molecule has 0 saturated carbocycles. The van der Waals surface area contributed by atoms with E-state index in [-0.39, 0.29) is 17.1 Å². The van der Waals surface area contributed by atoms with Gasteiger partial charge in [0.2, 0.25) is 0 Å². The third kappa shape index (κ3) is 5.01. The predicted octanol–water partition coefficient (Wildman–Crippen LogP) is 5.98. The molecule has 4 rings (SSSR count). The average Bonchev–Trinajstić information content (AvgIpc) is 3.26. The topological polar surface area (TPSA) is 32.3 Å². The SMILES string of the molecule is CC(C)(C)c1ccc(CN(CCc2ccc(F)cc2)C(=O)c2cccc3c2NCC3)cc1. The van der Waals surface area contributed by atoms with E-state index in [2.05, 4.69) is 56.4 Å². The Kier molecular flexibility index (Phi) is 6.31. The normalized spacial score (nSPS) is 12.9.